The second-order valence-corrected chi connectivity index (χ2v) is 2.06. The lowest BCUT2D eigenvalue weighted by Crippen LogP contribution is -2.29. The molecule has 0 aliphatic carbocycles. The normalized spacial score (nSPS) is 16.8. The highest BCUT2D eigenvalue weighted by Gasteiger charge is 2.20. The minimum Gasteiger partial charge on any atom is -0.371 e. The molecule has 0 aliphatic rings. The molecule has 3 heteroatoms. The summed E-state index contributed by atoms with van der Waals surface area (Å²) in [4.78, 5) is 10.2. The van der Waals surface area contributed by atoms with Crippen molar-refractivity contribution in [2.75, 3.05) is 6.79 Å². The predicted octanol–water partition coefficient (Wildman–Crippen LogP) is 0.320. The van der Waals surface area contributed by atoms with E-state index >= 15 is 0 Å². The van der Waals surface area contributed by atoms with Gasteiger partial charge in [0.2, 0.25) is 0 Å². The molecular weight excluding hydrogens is 120 g/mol. The SMILES string of the molecule is CCC(C)(C=O)OCO. The summed E-state index contributed by atoms with van der Waals surface area (Å²) < 4.78 is 4.72. The van der Waals surface area contributed by atoms with Gasteiger partial charge in [-0.2, -0.15) is 0 Å². The van der Waals surface area contributed by atoms with E-state index in [1.165, 1.54) is 0 Å². The Balaban J connectivity index is 3.76. The standard InChI is InChI=1S/C6H12O3/c1-3-6(2,4-7)9-5-8/h4,8H,3,5H2,1-2H3. The number of ether oxygens (including phenoxy) is 1. The summed E-state index contributed by atoms with van der Waals surface area (Å²) in [5, 5.41) is 8.28. The third-order valence-corrected chi connectivity index (χ3v) is 1.35. The van der Waals surface area contributed by atoms with Gasteiger partial charge in [0.25, 0.3) is 0 Å². The van der Waals surface area contributed by atoms with E-state index in [1.54, 1.807) is 6.92 Å². The van der Waals surface area contributed by atoms with Crippen LogP contribution in [-0.2, 0) is 9.53 Å². The molecule has 1 atom stereocenters. The van der Waals surface area contributed by atoms with E-state index in [0.29, 0.717) is 12.7 Å². The van der Waals surface area contributed by atoms with Crippen LogP contribution in [0.15, 0.2) is 0 Å². The van der Waals surface area contributed by atoms with Gasteiger partial charge >= 0.3 is 0 Å². The Morgan fingerprint density at radius 1 is 1.78 bits per heavy atom. The topological polar surface area (TPSA) is 46.5 Å². The van der Waals surface area contributed by atoms with E-state index in [2.05, 4.69) is 0 Å². The fourth-order valence-corrected chi connectivity index (χ4v) is 0.367. The third kappa shape index (κ3) is 2.58. The first kappa shape index (κ1) is 8.59. The van der Waals surface area contributed by atoms with Gasteiger partial charge in [-0.25, -0.2) is 0 Å². The van der Waals surface area contributed by atoms with E-state index < -0.39 is 12.4 Å². The first-order valence-electron chi connectivity index (χ1n) is 2.89. The zero-order valence-corrected chi connectivity index (χ0v) is 5.76. The Labute approximate surface area is 54.6 Å². The molecule has 0 aromatic rings. The van der Waals surface area contributed by atoms with E-state index in [0.717, 1.165) is 0 Å². The van der Waals surface area contributed by atoms with Crippen molar-refractivity contribution in [3.8, 4) is 0 Å². The smallest absolute Gasteiger partial charge is 0.151 e. The maximum absolute atomic E-state index is 10.2. The van der Waals surface area contributed by atoms with Crippen LogP contribution in [0.25, 0.3) is 0 Å². The summed E-state index contributed by atoms with van der Waals surface area (Å²) in [5.41, 5.74) is -0.797. The van der Waals surface area contributed by atoms with Crippen LogP contribution in [0, 0.1) is 0 Å². The number of carbonyl (C=O) groups is 1. The second kappa shape index (κ2) is 3.58. The Bertz CT molecular complexity index is 92.3. The molecule has 0 bridgehead atoms. The Morgan fingerprint density at radius 3 is 2.44 bits per heavy atom. The molecule has 0 aromatic carbocycles. The van der Waals surface area contributed by atoms with Gasteiger partial charge in [0, 0.05) is 0 Å². The number of carbonyl (C=O) groups excluding carboxylic acids is 1. The summed E-state index contributed by atoms with van der Waals surface area (Å²) in [6.45, 7) is 3.06. The molecule has 0 aromatic heterocycles. The molecule has 3 nitrogen and oxygen atoms in total. The summed E-state index contributed by atoms with van der Waals surface area (Å²) in [6, 6.07) is 0. The van der Waals surface area contributed by atoms with Crippen molar-refractivity contribution < 1.29 is 14.6 Å². The zero-order chi connectivity index (χ0) is 7.33. The quantitative estimate of drug-likeness (QED) is 0.442. The number of aldehydes is 1. The van der Waals surface area contributed by atoms with Crippen molar-refractivity contribution in [2.45, 2.75) is 25.9 Å². The predicted molar refractivity (Wildman–Crippen MR) is 32.9 cm³/mol. The van der Waals surface area contributed by atoms with Crippen molar-refractivity contribution in [2.24, 2.45) is 0 Å². The molecule has 0 saturated carbocycles. The summed E-state index contributed by atoms with van der Waals surface area (Å²) in [5.74, 6) is 0. The summed E-state index contributed by atoms with van der Waals surface area (Å²) >= 11 is 0. The Hall–Kier alpha value is -0.410. The molecular formula is C6H12O3. The van der Waals surface area contributed by atoms with Crippen molar-refractivity contribution in [1.82, 2.24) is 0 Å². The third-order valence-electron chi connectivity index (χ3n) is 1.35. The molecule has 9 heavy (non-hydrogen) atoms. The monoisotopic (exact) mass is 132 g/mol. The van der Waals surface area contributed by atoms with Crippen LogP contribution >= 0.6 is 0 Å². The van der Waals surface area contributed by atoms with Gasteiger partial charge < -0.3 is 14.6 Å². The number of rotatable bonds is 4. The number of aliphatic hydroxyl groups excluding tert-OH is 1. The largest absolute Gasteiger partial charge is 0.371 e. The molecule has 0 rings (SSSR count). The van der Waals surface area contributed by atoms with Crippen LogP contribution in [-0.4, -0.2) is 23.8 Å². The van der Waals surface area contributed by atoms with Crippen LogP contribution in [0.4, 0.5) is 0 Å². The highest BCUT2D eigenvalue weighted by molar-refractivity contribution is 5.61. The minimum absolute atomic E-state index is 0.400. The Kier molecular flexibility index (Phi) is 3.42. The molecule has 0 aliphatic heterocycles. The summed E-state index contributed by atoms with van der Waals surface area (Å²) in [6.07, 6.45) is 1.28. The molecule has 54 valence electrons. The van der Waals surface area contributed by atoms with Gasteiger partial charge in [-0.05, 0) is 13.3 Å². The van der Waals surface area contributed by atoms with E-state index in [9.17, 15) is 4.79 Å². The van der Waals surface area contributed by atoms with Crippen LogP contribution in [0.1, 0.15) is 20.3 Å². The highest BCUT2D eigenvalue weighted by atomic mass is 16.6. The second-order valence-electron chi connectivity index (χ2n) is 2.06. The van der Waals surface area contributed by atoms with Crippen LogP contribution < -0.4 is 0 Å². The zero-order valence-electron chi connectivity index (χ0n) is 5.76. The molecule has 0 saturated heterocycles. The highest BCUT2D eigenvalue weighted by Crippen LogP contribution is 2.09. The van der Waals surface area contributed by atoms with Gasteiger partial charge in [-0.3, -0.25) is 0 Å². The first-order chi connectivity index (χ1) is 4.18. The van der Waals surface area contributed by atoms with Gasteiger partial charge in [0.15, 0.2) is 6.29 Å². The maximum Gasteiger partial charge on any atom is 0.151 e. The van der Waals surface area contributed by atoms with E-state index in [4.69, 9.17) is 9.84 Å². The van der Waals surface area contributed by atoms with Gasteiger partial charge in [-0.15, -0.1) is 0 Å². The average Bonchev–Trinajstić information content (AvgIpc) is 1.89. The van der Waals surface area contributed by atoms with Crippen LogP contribution in [0.3, 0.4) is 0 Å². The molecule has 0 radical (unpaired) electrons. The van der Waals surface area contributed by atoms with Gasteiger partial charge in [0.1, 0.15) is 12.4 Å². The number of hydrogen-bond acceptors (Lipinski definition) is 3. The van der Waals surface area contributed by atoms with Gasteiger partial charge in [-0.1, -0.05) is 6.92 Å². The van der Waals surface area contributed by atoms with Crippen molar-refractivity contribution in [3.05, 3.63) is 0 Å². The number of aliphatic hydroxyl groups is 1. The molecule has 0 amide bonds. The van der Waals surface area contributed by atoms with E-state index in [-0.39, 0.29) is 0 Å². The van der Waals surface area contributed by atoms with E-state index in [1.807, 2.05) is 6.92 Å². The fourth-order valence-electron chi connectivity index (χ4n) is 0.367. The van der Waals surface area contributed by atoms with Crippen LogP contribution in [0.2, 0.25) is 0 Å². The lowest BCUT2D eigenvalue weighted by atomic mass is 10.1. The van der Waals surface area contributed by atoms with Crippen molar-refractivity contribution in [1.29, 1.82) is 0 Å². The summed E-state index contributed by atoms with van der Waals surface area (Å²) in [7, 11) is 0. The minimum atomic E-state index is -0.797. The lowest BCUT2D eigenvalue weighted by Gasteiger charge is -2.19. The van der Waals surface area contributed by atoms with Gasteiger partial charge in [0.05, 0.1) is 0 Å². The molecule has 1 unspecified atom stereocenters. The molecule has 0 spiro atoms. The Morgan fingerprint density at radius 2 is 2.33 bits per heavy atom. The lowest BCUT2D eigenvalue weighted by molar-refractivity contribution is -0.143. The van der Waals surface area contributed by atoms with Crippen LogP contribution in [0.5, 0.6) is 0 Å². The first-order valence-corrected chi connectivity index (χ1v) is 2.89. The fraction of sp³-hybridized carbons (Fsp3) is 0.833. The number of hydrogen-bond donors (Lipinski definition) is 1. The van der Waals surface area contributed by atoms with Crippen molar-refractivity contribution in [3.63, 3.8) is 0 Å². The average molecular weight is 132 g/mol. The molecule has 0 fully saturated rings. The maximum atomic E-state index is 10.2. The molecule has 0 heterocycles. The van der Waals surface area contributed by atoms with Crippen molar-refractivity contribution >= 4 is 6.29 Å². The molecule has 1 N–H and O–H groups in total.